The van der Waals surface area contributed by atoms with Gasteiger partial charge in [-0.25, -0.2) is 9.48 Å². The zero-order chi connectivity index (χ0) is 21.8. The Morgan fingerprint density at radius 2 is 2.03 bits per heavy atom. The van der Waals surface area contributed by atoms with Crippen molar-refractivity contribution >= 4 is 11.8 Å². The van der Waals surface area contributed by atoms with Crippen molar-refractivity contribution in [3.63, 3.8) is 0 Å². The van der Waals surface area contributed by atoms with Crippen LogP contribution in [0.15, 0.2) is 65.6 Å². The monoisotopic (exact) mass is 415 g/mol. The minimum absolute atomic E-state index is 0.200. The molecule has 0 saturated carbocycles. The standard InChI is InChI=1S/C23H21N5O3/c24-12-17-4-2-6-20(10-17)28-8-7-22(29)21(26-28)11-16-3-1-5-19(9-16)27(23(30)31)15-18-13-25-14-18/h1-10,18,25H,11,13-15H2,(H,30,31). The Bertz CT molecular complexity index is 1210. The molecule has 0 aliphatic carbocycles. The first-order chi connectivity index (χ1) is 15.0. The molecule has 0 atom stereocenters. The minimum atomic E-state index is -0.999. The molecule has 2 N–H and O–H groups in total. The number of hydrogen-bond donors (Lipinski definition) is 2. The Morgan fingerprint density at radius 1 is 1.23 bits per heavy atom. The molecule has 1 saturated heterocycles. The Hall–Kier alpha value is -3.96. The topological polar surface area (TPSA) is 111 Å². The molecule has 0 unspecified atom stereocenters. The van der Waals surface area contributed by atoms with Crippen molar-refractivity contribution in [2.45, 2.75) is 6.42 Å². The highest BCUT2D eigenvalue weighted by Crippen LogP contribution is 2.20. The van der Waals surface area contributed by atoms with E-state index in [1.807, 2.05) is 12.1 Å². The highest BCUT2D eigenvalue weighted by atomic mass is 16.4. The average Bonchev–Trinajstić information content (AvgIpc) is 2.74. The highest BCUT2D eigenvalue weighted by molar-refractivity contribution is 5.86. The third-order valence-corrected chi connectivity index (χ3v) is 5.25. The van der Waals surface area contributed by atoms with Crippen LogP contribution in [0.5, 0.6) is 0 Å². The lowest BCUT2D eigenvalue weighted by Crippen LogP contribution is -2.49. The highest BCUT2D eigenvalue weighted by Gasteiger charge is 2.24. The van der Waals surface area contributed by atoms with Crippen LogP contribution < -0.4 is 15.6 Å². The van der Waals surface area contributed by atoms with E-state index in [1.54, 1.807) is 47.3 Å². The molecule has 2 heterocycles. The fourth-order valence-corrected chi connectivity index (χ4v) is 3.49. The van der Waals surface area contributed by atoms with Crippen molar-refractivity contribution in [3.05, 3.63) is 87.8 Å². The number of rotatable bonds is 6. The third-order valence-electron chi connectivity index (χ3n) is 5.25. The summed E-state index contributed by atoms with van der Waals surface area (Å²) in [7, 11) is 0. The molecule has 156 valence electrons. The van der Waals surface area contributed by atoms with Crippen LogP contribution in [-0.2, 0) is 6.42 Å². The van der Waals surface area contributed by atoms with Gasteiger partial charge in [-0.3, -0.25) is 9.69 Å². The fourth-order valence-electron chi connectivity index (χ4n) is 3.49. The predicted molar refractivity (Wildman–Crippen MR) is 116 cm³/mol. The number of aromatic nitrogens is 2. The fraction of sp³-hybridized carbons (Fsp3) is 0.217. The first-order valence-electron chi connectivity index (χ1n) is 9.93. The van der Waals surface area contributed by atoms with Crippen molar-refractivity contribution in [1.29, 1.82) is 5.26 Å². The van der Waals surface area contributed by atoms with Crippen LogP contribution >= 0.6 is 0 Å². The van der Waals surface area contributed by atoms with Gasteiger partial charge in [0, 0.05) is 49.9 Å². The van der Waals surface area contributed by atoms with Gasteiger partial charge in [0.2, 0.25) is 5.43 Å². The summed E-state index contributed by atoms with van der Waals surface area (Å²) in [6.07, 6.45) is 0.836. The van der Waals surface area contributed by atoms with Crippen LogP contribution in [0.2, 0.25) is 0 Å². The van der Waals surface area contributed by atoms with E-state index in [0.717, 1.165) is 18.7 Å². The van der Waals surface area contributed by atoms with Crippen molar-refractivity contribution in [2.75, 3.05) is 24.5 Å². The normalized spacial score (nSPS) is 13.3. The number of hydrogen-bond acceptors (Lipinski definition) is 5. The molecule has 1 aromatic heterocycles. The van der Waals surface area contributed by atoms with Gasteiger partial charge in [0.25, 0.3) is 0 Å². The summed E-state index contributed by atoms with van der Waals surface area (Å²) in [5.74, 6) is 0.298. The number of nitriles is 1. The maximum absolute atomic E-state index is 12.4. The van der Waals surface area contributed by atoms with Gasteiger partial charge in [-0.1, -0.05) is 18.2 Å². The molecule has 3 aromatic rings. The molecule has 1 amide bonds. The van der Waals surface area contributed by atoms with E-state index < -0.39 is 6.09 Å². The smallest absolute Gasteiger partial charge is 0.411 e. The van der Waals surface area contributed by atoms with Crippen LogP contribution in [0.25, 0.3) is 5.69 Å². The van der Waals surface area contributed by atoms with E-state index in [1.165, 1.54) is 11.0 Å². The summed E-state index contributed by atoms with van der Waals surface area (Å²) >= 11 is 0. The number of carbonyl (C=O) groups is 1. The maximum Gasteiger partial charge on any atom is 0.411 e. The van der Waals surface area contributed by atoms with Gasteiger partial charge in [-0.15, -0.1) is 0 Å². The van der Waals surface area contributed by atoms with Crippen LogP contribution in [-0.4, -0.2) is 40.6 Å². The quantitative estimate of drug-likeness (QED) is 0.640. The summed E-state index contributed by atoms with van der Waals surface area (Å²) in [6.45, 7) is 2.05. The summed E-state index contributed by atoms with van der Waals surface area (Å²) in [5, 5.41) is 26.4. The molecule has 1 fully saturated rings. The Balaban J connectivity index is 1.60. The van der Waals surface area contributed by atoms with Gasteiger partial charge in [-0.2, -0.15) is 10.4 Å². The second-order valence-electron chi connectivity index (χ2n) is 7.50. The maximum atomic E-state index is 12.4. The molecular formula is C23H21N5O3. The van der Waals surface area contributed by atoms with Gasteiger partial charge in [0.05, 0.1) is 17.3 Å². The Morgan fingerprint density at radius 3 is 2.74 bits per heavy atom. The van der Waals surface area contributed by atoms with E-state index in [-0.39, 0.29) is 11.8 Å². The molecule has 8 heteroatoms. The third kappa shape index (κ3) is 4.63. The molecule has 2 aromatic carbocycles. The number of anilines is 1. The SMILES string of the molecule is N#Cc1cccc(-n2ccc(=O)c(Cc3cccc(N(CC4CNC4)C(=O)O)c3)n2)c1. The van der Waals surface area contributed by atoms with Crippen LogP contribution in [0.3, 0.4) is 0 Å². The first kappa shape index (κ1) is 20.3. The van der Waals surface area contributed by atoms with Crippen LogP contribution in [0.1, 0.15) is 16.8 Å². The molecule has 31 heavy (non-hydrogen) atoms. The summed E-state index contributed by atoms with van der Waals surface area (Å²) in [4.78, 5) is 25.5. The van der Waals surface area contributed by atoms with Gasteiger partial charge in [0.1, 0.15) is 5.69 Å². The number of amides is 1. The molecule has 0 radical (unpaired) electrons. The molecule has 4 rings (SSSR count). The second kappa shape index (κ2) is 8.81. The van der Waals surface area contributed by atoms with E-state index in [0.29, 0.717) is 35.1 Å². The Kier molecular flexibility index (Phi) is 5.78. The van der Waals surface area contributed by atoms with E-state index >= 15 is 0 Å². The van der Waals surface area contributed by atoms with Crippen molar-refractivity contribution < 1.29 is 9.90 Å². The lowest BCUT2D eigenvalue weighted by molar-refractivity contribution is 0.198. The first-order valence-corrected chi connectivity index (χ1v) is 9.93. The zero-order valence-corrected chi connectivity index (χ0v) is 16.7. The largest absolute Gasteiger partial charge is 0.465 e. The lowest BCUT2D eigenvalue weighted by Gasteiger charge is -2.32. The number of carboxylic acid groups (broad SMARTS) is 1. The molecular weight excluding hydrogens is 394 g/mol. The average molecular weight is 415 g/mol. The van der Waals surface area contributed by atoms with Crippen molar-refractivity contribution in [2.24, 2.45) is 5.92 Å². The number of nitrogens with one attached hydrogen (secondary N) is 1. The molecule has 0 bridgehead atoms. The Labute approximate surface area is 179 Å². The van der Waals surface area contributed by atoms with Gasteiger partial charge in [0.15, 0.2) is 0 Å². The van der Waals surface area contributed by atoms with Crippen molar-refractivity contribution in [1.82, 2.24) is 15.1 Å². The zero-order valence-electron chi connectivity index (χ0n) is 16.7. The van der Waals surface area contributed by atoms with Crippen LogP contribution in [0.4, 0.5) is 10.5 Å². The predicted octanol–water partition coefficient (Wildman–Crippen LogP) is 2.40. The van der Waals surface area contributed by atoms with Gasteiger partial charge >= 0.3 is 6.09 Å². The number of benzene rings is 2. The number of nitrogens with zero attached hydrogens (tertiary/aromatic N) is 4. The van der Waals surface area contributed by atoms with E-state index in [2.05, 4.69) is 16.5 Å². The summed E-state index contributed by atoms with van der Waals surface area (Å²) < 4.78 is 1.56. The molecule has 1 aliphatic rings. The second-order valence-corrected chi connectivity index (χ2v) is 7.50. The molecule has 1 aliphatic heterocycles. The molecule has 0 spiro atoms. The van der Waals surface area contributed by atoms with Gasteiger partial charge < -0.3 is 10.4 Å². The lowest BCUT2D eigenvalue weighted by atomic mass is 10.0. The van der Waals surface area contributed by atoms with E-state index in [9.17, 15) is 14.7 Å². The molecule has 8 nitrogen and oxygen atoms in total. The minimum Gasteiger partial charge on any atom is -0.465 e. The van der Waals surface area contributed by atoms with Crippen LogP contribution in [0, 0.1) is 17.2 Å². The van der Waals surface area contributed by atoms with Crippen molar-refractivity contribution in [3.8, 4) is 11.8 Å². The van der Waals surface area contributed by atoms with E-state index in [4.69, 9.17) is 5.26 Å². The summed E-state index contributed by atoms with van der Waals surface area (Å²) in [5.41, 5.74) is 2.70. The van der Waals surface area contributed by atoms with Gasteiger partial charge in [-0.05, 0) is 35.9 Å². The summed E-state index contributed by atoms with van der Waals surface area (Å²) in [6, 6.07) is 17.7.